The van der Waals surface area contributed by atoms with Crippen molar-refractivity contribution in [1.29, 1.82) is 0 Å². The van der Waals surface area contributed by atoms with Gasteiger partial charge < -0.3 is 10.1 Å². The largest absolute Gasteiger partial charge is 0.496 e. The van der Waals surface area contributed by atoms with E-state index in [1.54, 1.807) is 20.1 Å². The minimum absolute atomic E-state index is 0.0679. The van der Waals surface area contributed by atoms with Crippen LogP contribution in [0.25, 0.3) is 0 Å². The Bertz CT molecular complexity index is 707. The fourth-order valence-corrected chi connectivity index (χ4v) is 2.51. The molecule has 1 atom stereocenters. The predicted molar refractivity (Wildman–Crippen MR) is 82.9 cm³/mol. The van der Waals surface area contributed by atoms with Gasteiger partial charge in [0.05, 0.1) is 17.6 Å². The molecule has 0 aliphatic rings. The number of carbonyl (C=O) groups is 1. The maximum absolute atomic E-state index is 13.2. The molecule has 0 saturated heterocycles. The van der Waals surface area contributed by atoms with Crippen molar-refractivity contribution in [2.45, 2.75) is 13.0 Å². The Morgan fingerprint density at radius 3 is 2.50 bits per heavy atom. The van der Waals surface area contributed by atoms with Gasteiger partial charge in [0, 0.05) is 5.56 Å². The van der Waals surface area contributed by atoms with Gasteiger partial charge in [-0.25, -0.2) is 8.78 Å². The van der Waals surface area contributed by atoms with Gasteiger partial charge in [0.15, 0.2) is 11.6 Å². The number of nitrogens with one attached hydrogen (secondary N) is 1. The molecular formula is C16H14BrF2NO2. The molecule has 1 N–H and O–H groups in total. The molecule has 0 fully saturated rings. The number of methoxy groups -OCH3 is 1. The van der Waals surface area contributed by atoms with Gasteiger partial charge >= 0.3 is 0 Å². The molecule has 2 aromatic rings. The van der Waals surface area contributed by atoms with Crippen LogP contribution in [0.5, 0.6) is 5.75 Å². The molecule has 0 spiro atoms. The number of rotatable bonds is 4. The average molecular weight is 370 g/mol. The van der Waals surface area contributed by atoms with E-state index < -0.39 is 17.5 Å². The van der Waals surface area contributed by atoms with E-state index in [0.29, 0.717) is 5.75 Å². The van der Waals surface area contributed by atoms with E-state index >= 15 is 0 Å². The van der Waals surface area contributed by atoms with Crippen LogP contribution in [-0.2, 0) is 0 Å². The van der Waals surface area contributed by atoms with Crippen molar-refractivity contribution in [2.75, 3.05) is 7.11 Å². The lowest BCUT2D eigenvalue weighted by Crippen LogP contribution is -2.26. The quantitative estimate of drug-likeness (QED) is 0.875. The Balaban J connectivity index is 2.13. The minimum atomic E-state index is -1.05. The zero-order chi connectivity index (χ0) is 16.3. The fourth-order valence-electron chi connectivity index (χ4n) is 1.95. The topological polar surface area (TPSA) is 38.3 Å². The molecule has 0 heterocycles. The molecule has 0 bridgehead atoms. The molecular weight excluding hydrogens is 356 g/mol. The van der Waals surface area contributed by atoms with Crippen LogP contribution in [0.15, 0.2) is 40.9 Å². The summed E-state index contributed by atoms with van der Waals surface area (Å²) in [6.07, 6.45) is 0. The molecule has 0 unspecified atom stereocenters. The van der Waals surface area contributed by atoms with Crippen LogP contribution < -0.4 is 10.1 Å². The van der Waals surface area contributed by atoms with Gasteiger partial charge in [-0.1, -0.05) is 6.07 Å². The summed E-state index contributed by atoms with van der Waals surface area (Å²) in [4.78, 5) is 12.1. The zero-order valence-corrected chi connectivity index (χ0v) is 13.6. The SMILES string of the molecule is COc1ccc([C@H](C)NC(=O)c2ccc(F)c(F)c2)cc1Br. The molecule has 0 saturated carbocycles. The van der Waals surface area contributed by atoms with Crippen LogP contribution in [0.2, 0.25) is 0 Å². The van der Waals surface area contributed by atoms with Crippen LogP contribution >= 0.6 is 15.9 Å². The van der Waals surface area contributed by atoms with Crippen LogP contribution in [0.3, 0.4) is 0 Å². The molecule has 0 aliphatic carbocycles. The molecule has 2 aromatic carbocycles. The lowest BCUT2D eigenvalue weighted by Gasteiger charge is -2.16. The molecule has 0 radical (unpaired) electrons. The van der Waals surface area contributed by atoms with E-state index in [-0.39, 0.29) is 11.6 Å². The molecule has 0 aliphatic heterocycles. The second-order valence-electron chi connectivity index (χ2n) is 4.72. The summed E-state index contributed by atoms with van der Waals surface area (Å²) in [5.41, 5.74) is 0.918. The number of amides is 1. The Labute approximate surface area is 135 Å². The first-order chi connectivity index (χ1) is 10.4. The van der Waals surface area contributed by atoms with Crippen LogP contribution in [0, 0.1) is 11.6 Å². The first-order valence-electron chi connectivity index (χ1n) is 6.51. The fraction of sp³-hybridized carbons (Fsp3) is 0.188. The second kappa shape index (κ2) is 6.87. The Kier molecular flexibility index (Phi) is 5.13. The smallest absolute Gasteiger partial charge is 0.251 e. The monoisotopic (exact) mass is 369 g/mol. The summed E-state index contributed by atoms with van der Waals surface area (Å²) in [6, 6.07) is 8.17. The number of hydrogen-bond donors (Lipinski definition) is 1. The number of benzene rings is 2. The molecule has 6 heteroatoms. The highest BCUT2D eigenvalue weighted by Crippen LogP contribution is 2.28. The van der Waals surface area contributed by atoms with Gasteiger partial charge in [0.25, 0.3) is 5.91 Å². The highest BCUT2D eigenvalue weighted by molar-refractivity contribution is 9.10. The van der Waals surface area contributed by atoms with Gasteiger partial charge in [0.2, 0.25) is 0 Å². The van der Waals surface area contributed by atoms with Crippen molar-refractivity contribution < 1.29 is 18.3 Å². The molecule has 116 valence electrons. The van der Waals surface area contributed by atoms with Crippen LogP contribution in [0.4, 0.5) is 8.78 Å². The van der Waals surface area contributed by atoms with Gasteiger partial charge in [-0.3, -0.25) is 4.79 Å². The first kappa shape index (κ1) is 16.4. The van der Waals surface area contributed by atoms with Crippen molar-refractivity contribution in [3.8, 4) is 5.75 Å². The molecule has 22 heavy (non-hydrogen) atoms. The summed E-state index contributed by atoms with van der Waals surface area (Å²) >= 11 is 3.38. The van der Waals surface area contributed by atoms with Crippen molar-refractivity contribution in [3.05, 3.63) is 63.6 Å². The zero-order valence-electron chi connectivity index (χ0n) is 12.0. The molecule has 0 aromatic heterocycles. The number of ether oxygens (including phenoxy) is 1. The lowest BCUT2D eigenvalue weighted by atomic mass is 10.1. The van der Waals surface area contributed by atoms with E-state index in [9.17, 15) is 13.6 Å². The van der Waals surface area contributed by atoms with E-state index in [1.807, 2.05) is 12.1 Å². The summed E-state index contributed by atoms with van der Waals surface area (Å²) < 4.78 is 32.0. The molecule has 1 amide bonds. The number of halogens is 3. The van der Waals surface area contributed by atoms with E-state index in [1.165, 1.54) is 6.07 Å². The van der Waals surface area contributed by atoms with Crippen LogP contribution in [0.1, 0.15) is 28.9 Å². The second-order valence-corrected chi connectivity index (χ2v) is 5.57. The third-order valence-electron chi connectivity index (χ3n) is 3.21. The number of carbonyl (C=O) groups excluding carboxylic acids is 1. The van der Waals surface area contributed by atoms with Crippen molar-refractivity contribution in [2.24, 2.45) is 0 Å². The van der Waals surface area contributed by atoms with E-state index in [4.69, 9.17) is 4.74 Å². The van der Waals surface area contributed by atoms with Crippen LogP contribution in [-0.4, -0.2) is 13.0 Å². The van der Waals surface area contributed by atoms with Gasteiger partial charge in [0.1, 0.15) is 5.75 Å². The Morgan fingerprint density at radius 1 is 1.18 bits per heavy atom. The summed E-state index contributed by atoms with van der Waals surface area (Å²) in [7, 11) is 1.56. The lowest BCUT2D eigenvalue weighted by molar-refractivity contribution is 0.0939. The molecule has 2 rings (SSSR count). The standard InChI is InChI=1S/C16H14BrF2NO2/c1-9(10-4-6-15(22-2)12(17)7-10)20-16(21)11-3-5-13(18)14(19)8-11/h3-9H,1-2H3,(H,20,21)/t9-/m0/s1. The first-order valence-corrected chi connectivity index (χ1v) is 7.31. The van der Waals surface area contributed by atoms with E-state index in [0.717, 1.165) is 22.2 Å². The summed E-state index contributed by atoms with van der Waals surface area (Å²) in [5, 5.41) is 2.73. The van der Waals surface area contributed by atoms with E-state index in [2.05, 4.69) is 21.2 Å². The third-order valence-corrected chi connectivity index (χ3v) is 3.82. The van der Waals surface area contributed by atoms with Crippen molar-refractivity contribution in [1.82, 2.24) is 5.32 Å². The van der Waals surface area contributed by atoms with Crippen molar-refractivity contribution in [3.63, 3.8) is 0 Å². The third kappa shape index (κ3) is 3.62. The highest BCUT2D eigenvalue weighted by Gasteiger charge is 2.14. The van der Waals surface area contributed by atoms with Gasteiger partial charge in [-0.15, -0.1) is 0 Å². The Hall–Kier alpha value is -1.95. The normalized spacial score (nSPS) is 11.9. The summed E-state index contributed by atoms with van der Waals surface area (Å²) in [6.45, 7) is 1.80. The average Bonchev–Trinajstić information content (AvgIpc) is 2.49. The molecule has 3 nitrogen and oxygen atoms in total. The highest BCUT2D eigenvalue weighted by atomic mass is 79.9. The minimum Gasteiger partial charge on any atom is -0.496 e. The maximum atomic E-state index is 13.2. The van der Waals surface area contributed by atoms with Gasteiger partial charge in [-0.2, -0.15) is 0 Å². The van der Waals surface area contributed by atoms with Crippen molar-refractivity contribution >= 4 is 21.8 Å². The Morgan fingerprint density at radius 2 is 1.91 bits per heavy atom. The number of hydrogen-bond acceptors (Lipinski definition) is 2. The maximum Gasteiger partial charge on any atom is 0.251 e. The summed E-state index contributed by atoms with van der Waals surface area (Å²) in [5.74, 6) is -1.82. The predicted octanol–water partition coefficient (Wildman–Crippen LogP) is 4.23. The van der Waals surface area contributed by atoms with Gasteiger partial charge in [-0.05, 0) is 58.7 Å².